The number of aromatic hydroxyl groups is 1. The third-order valence-electron chi connectivity index (χ3n) is 4.52. The molecular formula is C19H27N3O7. The Hall–Kier alpha value is -3.14. The Labute approximate surface area is 168 Å². The van der Waals surface area contributed by atoms with Crippen molar-refractivity contribution < 1.29 is 34.5 Å². The summed E-state index contributed by atoms with van der Waals surface area (Å²) in [5.41, 5.74) is 6.12. The number of phenolic OH excluding ortho intramolecular Hbond substituents is 1. The molecule has 0 aliphatic carbocycles. The van der Waals surface area contributed by atoms with Gasteiger partial charge in [-0.05, 0) is 23.6 Å². The molecule has 160 valence electrons. The summed E-state index contributed by atoms with van der Waals surface area (Å²) in [6.07, 6.45) is -0.122. The number of phenols is 1. The Balaban J connectivity index is 2.90. The van der Waals surface area contributed by atoms with Gasteiger partial charge in [-0.3, -0.25) is 14.4 Å². The Morgan fingerprint density at radius 3 is 2.10 bits per heavy atom. The third-order valence-corrected chi connectivity index (χ3v) is 4.52. The summed E-state index contributed by atoms with van der Waals surface area (Å²) < 4.78 is 0. The summed E-state index contributed by atoms with van der Waals surface area (Å²) in [6, 6.07) is 2.22. The molecule has 10 heteroatoms. The molecule has 0 aliphatic rings. The number of nitrogens with two attached hydrogens (primary N) is 1. The topological polar surface area (TPSA) is 179 Å². The first-order valence-electron chi connectivity index (χ1n) is 9.14. The van der Waals surface area contributed by atoms with Crippen molar-refractivity contribution in [1.29, 1.82) is 0 Å². The SMILES string of the molecule is CC[C@H](C)[C@H](NC(=O)[C@@H](N)CC(=O)O)C(=O)N[C@@H](Cc1ccc(O)cc1)C(=O)O. The van der Waals surface area contributed by atoms with Crippen LogP contribution in [0.2, 0.25) is 0 Å². The van der Waals surface area contributed by atoms with Gasteiger partial charge < -0.3 is 31.7 Å². The van der Waals surface area contributed by atoms with Gasteiger partial charge in [0.15, 0.2) is 0 Å². The lowest BCUT2D eigenvalue weighted by atomic mass is 9.96. The fourth-order valence-corrected chi connectivity index (χ4v) is 2.57. The highest BCUT2D eigenvalue weighted by Gasteiger charge is 2.31. The number of hydrogen-bond acceptors (Lipinski definition) is 6. The van der Waals surface area contributed by atoms with Crippen molar-refractivity contribution in [1.82, 2.24) is 10.6 Å². The molecule has 0 aliphatic heterocycles. The molecule has 0 saturated carbocycles. The first-order chi connectivity index (χ1) is 13.5. The molecule has 10 nitrogen and oxygen atoms in total. The number of carbonyl (C=O) groups excluding carboxylic acids is 2. The van der Waals surface area contributed by atoms with E-state index in [-0.39, 0.29) is 18.1 Å². The number of rotatable bonds is 11. The number of benzene rings is 1. The Morgan fingerprint density at radius 1 is 1.03 bits per heavy atom. The number of aliphatic carboxylic acids is 2. The Kier molecular flexibility index (Phi) is 9.07. The van der Waals surface area contributed by atoms with Crippen LogP contribution in [0.4, 0.5) is 0 Å². The molecule has 0 spiro atoms. The van der Waals surface area contributed by atoms with Gasteiger partial charge in [-0.1, -0.05) is 32.4 Å². The number of nitrogens with one attached hydrogen (secondary N) is 2. The molecule has 0 radical (unpaired) electrons. The van der Waals surface area contributed by atoms with E-state index in [1.807, 2.05) is 0 Å². The summed E-state index contributed by atoms with van der Waals surface area (Å²) in [5.74, 6) is -4.35. The van der Waals surface area contributed by atoms with Gasteiger partial charge in [-0.2, -0.15) is 0 Å². The maximum absolute atomic E-state index is 12.7. The van der Waals surface area contributed by atoms with Gasteiger partial charge in [0, 0.05) is 6.42 Å². The second-order valence-electron chi connectivity index (χ2n) is 6.85. The van der Waals surface area contributed by atoms with Gasteiger partial charge >= 0.3 is 11.9 Å². The van der Waals surface area contributed by atoms with Crippen LogP contribution < -0.4 is 16.4 Å². The van der Waals surface area contributed by atoms with E-state index >= 15 is 0 Å². The van der Waals surface area contributed by atoms with E-state index in [0.717, 1.165) is 0 Å². The molecule has 0 fully saturated rings. The van der Waals surface area contributed by atoms with E-state index in [1.54, 1.807) is 13.8 Å². The number of carboxylic acid groups (broad SMARTS) is 2. The summed E-state index contributed by atoms with van der Waals surface area (Å²) >= 11 is 0. The van der Waals surface area contributed by atoms with E-state index in [9.17, 15) is 29.4 Å². The number of carbonyl (C=O) groups is 4. The largest absolute Gasteiger partial charge is 0.508 e. The molecule has 0 aromatic heterocycles. The molecule has 1 aromatic rings. The first-order valence-corrected chi connectivity index (χ1v) is 9.14. The minimum atomic E-state index is -1.33. The van der Waals surface area contributed by atoms with Crippen LogP contribution in [0, 0.1) is 5.92 Å². The Bertz CT molecular complexity index is 736. The second-order valence-corrected chi connectivity index (χ2v) is 6.85. The monoisotopic (exact) mass is 409 g/mol. The average Bonchev–Trinajstić information content (AvgIpc) is 2.65. The standard InChI is InChI=1S/C19H27N3O7/c1-3-10(2)16(22-17(26)13(20)9-15(24)25)18(27)21-14(19(28)29)8-11-4-6-12(23)7-5-11/h4-7,10,13-14,16,23H,3,8-9,20H2,1-2H3,(H,21,27)(H,22,26)(H,24,25)(H,28,29)/t10-,13-,14-,16-/m0/s1. The molecule has 0 saturated heterocycles. The van der Waals surface area contributed by atoms with Crippen LogP contribution in [0.25, 0.3) is 0 Å². The minimum Gasteiger partial charge on any atom is -0.508 e. The van der Waals surface area contributed by atoms with Crippen molar-refractivity contribution in [3.05, 3.63) is 29.8 Å². The molecule has 29 heavy (non-hydrogen) atoms. The van der Waals surface area contributed by atoms with Crippen molar-refractivity contribution in [2.75, 3.05) is 0 Å². The normalized spacial score (nSPS) is 14.9. The van der Waals surface area contributed by atoms with Gasteiger partial charge in [0.25, 0.3) is 0 Å². The highest BCUT2D eigenvalue weighted by atomic mass is 16.4. The molecule has 1 aromatic carbocycles. The highest BCUT2D eigenvalue weighted by molar-refractivity contribution is 5.93. The van der Waals surface area contributed by atoms with E-state index in [0.29, 0.717) is 12.0 Å². The van der Waals surface area contributed by atoms with Crippen LogP contribution in [0.15, 0.2) is 24.3 Å². The fraction of sp³-hybridized carbons (Fsp3) is 0.474. The van der Waals surface area contributed by atoms with Gasteiger partial charge in [0.2, 0.25) is 11.8 Å². The predicted molar refractivity (Wildman–Crippen MR) is 103 cm³/mol. The minimum absolute atomic E-state index is 0.0267. The maximum Gasteiger partial charge on any atom is 0.326 e. The summed E-state index contributed by atoms with van der Waals surface area (Å²) in [5, 5.41) is 32.3. The van der Waals surface area contributed by atoms with Crippen LogP contribution in [-0.4, -0.2) is 57.2 Å². The van der Waals surface area contributed by atoms with Crippen LogP contribution in [0.5, 0.6) is 5.75 Å². The predicted octanol–water partition coefficient (Wildman–Crippen LogP) is -0.163. The fourth-order valence-electron chi connectivity index (χ4n) is 2.57. The van der Waals surface area contributed by atoms with Crippen molar-refractivity contribution in [2.24, 2.45) is 11.7 Å². The summed E-state index contributed by atoms with van der Waals surface area (Å²) in [7, 11) is 0. The van der Waals surface area contributed by atoms with Crippen LogP contribution in [-0.2, 0) is 25.6 Å². The van der Waals surface area contributed by atoms with Gasteiger partial charge in [0.1, 0.15) is 17.8 Å². The highest BCUT2D eigenvalue weighted by Crippen LogP contribution is 2.13. The average molecular weight is 409 g/mol. The number of carboxylic acids is 2. The molecule has 0 heterocycles. The van der Waals surface area contributed by atoms with Gasteiger partial charge in [-0.15, -0.1) is 0 Å². The lowest BCUT2D eigenvalue weighted by Gasteiger charge is -2.26. The lowest BCUT2D eigenvalue weighted by Crippen LogP contribution is -2.57. The third kappa shape index (κ3) is 7.78. The summed E-state index contributed by atoms with van der Waals surface area (Å²) in [6.45, 7) is 3.49. The molecule has 0 unspecified atom stereocenters. The second kappa shape index (κ2) is 11.0. The van der Waals surface area contributed by atoms with Crippen molar-refractivity contribution in [3.8, 4) is 5.75 Å². The molecule has 2 amide bonds. The quantitative estimate of drug-likeness (QED) is 0.292. The van der Waals surface area contributed by atoms with Gasteiger partial charge in [0.05, 0.1) is 12.5 Å². The molecule has 4 atom stereocenters. The van der Waals surface area contributed by atoms with Crippen LogP contribution >= 0.6 is 0 Å². The zero-order chi connectivity index (χ0) is 22.1. The van der Waals surface area contributed by atoms with Crippen LogP contribution in [0.1, 0.15) is 32.3 Å². The number of amides is 2. The van der Waals surface area contributed by atoms with Gasteiger partial charge in [-0.25, -0.2) is 4.79 Å². The van der Waals surface area contributed by atoms with Crippen molar-refractivity contribution in [3.63, 3.8) is 0 Å². The van der Waals surface area contributed by atoms with E-state index in [1.165, 1.54) is 24.3 Å². The maximum atomic E-state index is 12.7. The summed E-state index contributed by atoms with van der Waals surface area (Å²) in [4.78, 5) is 47.1. The van der Waals surface area contributed by atoms with E-state index < -0.39 is 48.3 Å². The zero-order valence-corrected chi connectivity index (χ0v) is 16.3. The molecule has 1 rings (SSSR count). The van der Waals surface area contributed by atoms with Crippen molar-refractivity contribution in [2.45, 2.75) is 51.2 Å². The first kappa shape index (κ1) is 23.9. The Morgan fingerprint density at radius 2 is 1.62 bits per heavy atom. The smallest absolute Gasteiger partial charge is 0.326 e. The zero-order valence-electron chi connectivity index (χ0n) is 16.3. The van der Waals surface area contributed by atoms with Crippen molar-refractivity contribution >= 4 is 23.8 Å². The van der Waals surface area contributed by atoms with E-state index in [4.69, 9.17) is 10.8 Å². The molecule has 7 N–H and O–H groups in total. The lowest BCUT2D eigenvalue weighted by molar-refractivity contribution is -0.143. The number of hydrogen-bond donors (Lipinski definition) is 6. The van der Waals surface area contributed by atoms with E-state index in [2.05, 4.69) is 10.6 Å². The van der Waals surface area contributed by atoms with Crippen LogP contribution in [0.3, 0.4) is 0 Å². The molecule has 0 bridgehead atoms. The molecular weight excluding hydrogens is 382 g/mol.